The monoisotopic (exact) mass is 1980 g/mol. The maximum atomic E-state index is 12.4. The SMILES string of the molecule is CCCCCCCCCCCCOc1cccc(OCCCCCCCCCCCC)c1-c1c2nc(c(C#Cc3cc(OCCCCCC)c(N(c4ccc(OCCCCC)cc4)c4ccc(OCCCCC)cc4)cc3OCCCCCC)c3ccc([nH]3)c(-c3c(OCCCCCCCCCCCC)cccc3OCCCCCCCCCCCC)c3nc(c(C#Cc4ccc(C(=O)O)cc4)c4ccc1[nH]4)C=C3)C=C2. The van der Waals surface area contributed by atoms with Gasteiger partial charge in [0, 0.05) is 51.2 Å². The fourth-order valence-corrected chi connectivity index (χ4v) is 19.4. The first-order chi connectivity index (χ1) is 72.1. The summed E-state index contributed by atoms with van der Waals surface area (Å²) in [6.45, 7) is 22.4. The number of fused-ring (bicyclic) bond motifs is 8. The predicted octanol–water partition coefficient (Wildman–Crippen LogP) is 38.2. The number of carbonyl (C=O) groups is 1. The highest BCUT2D eigenvalue weighted by molar-refractivity contribution is 5.99. The highest BCUT2D eigenvalue weighted by atomic mass is 16.5. The molecule has 15 nitrogen and oxygen atoms in total. The molecule has 0 spiro atoms. The Morgan fingerprint density at radius 3 is 0.877 bits per heavy atom. The van der Waals surface area contributed by atoms with Gasteiger partial charge < -0.3 is 57.9 Å². The Kier molecular flexibility index (Phi) is 54.4. The van der Waals surface area contributed by atoms with Crippen molar-refractivity contribution in [3.05, 3.63) is 196 Å². The van der Waals surface area contributed by atoms with Crippen molar-refractivity contribution in [1.29, 1.82) is 0 Å². The minimum atomic E-state index is -1.00. The van der Waals surface area contributed by atoms with Crippen LogP contribution in [0.15, 0.2) is 146 Å². The standard InChI is InChI=1S/C131H179N5O10/c1-9-17-25-31-35-39-43-47-51-59-95-141-121-65-63-66-122(142-96-60-52-48-44-40-36-32-26-18-10-2)129(121)127-116-89-85-112(132-116)110(83-71-103-69-72-104(73-70-103)131(137)138)113-86-90-117(133-113)128(130-123(143-97-61-53-49-45-41-37-33-27-19-11-3)67-64-68-124(130)144-98-62-54-50-46-42-38-34-28-20-12-4)119-92-88-115(135-119)111(114-87-91-118(127)134-114)84-74-105-101-126(146-100-58-30-22-14-6)120(102-125(105)145-99-57-29-21-13-5)136(106-75-79-108(80-76-106)139-93-55-23-15-7)107-77-81-109(82-78-107)140-94-56-24-16-8/h63-70,72-73,75-82,85-92,101-102,132,135H,9-62,93-100H2,1-8H3,(H,137,138). The number of nitrogens with one attached hydrogen (secondary N) is 2. The van der Waals surface area contributed by atoms with Crippen molar-refractivity contribution < 1.29 is 47.8 Å². The Bertz CT molecular complexity index is 5380. The second-order valence-corrected chi connectivity index (χ2v) is 40.3. The number of carboxylic acids is 1. The number of unbranched alkanes of at least 4 members (excludes halogenated alkanes) is 46. The Hall–Kier alpha value is -11.3. The molecule has 0 fully saturated rings. The molecule has 2 aliphatic heterocycles. The van der Waals surface area contributed by atoms with Crippen molar-refractivity contribution in [2.45, 2.75) is 402 Å². The van der Waals surface area contributed by atoms with Gasteiger partial charge in [0.1, 0.15) is 46.0 Å². The lowest BCUT2D eigenvalue weighted by atomic mass is 10.0. The van der Waals surface area contributed by atoms with E-state index < -0.39 is 5.97 Å². The third-order valence-electron chi connectivity index (χ3n) is 28.1. The lowest BCUT2D eigenvalue weighted by Crippen LogP contribution is -2.13. The third-order valence-corrected chi connectivity index (χ3v) is 28.1. The lowest BCUT2D eigenvalue weighted by molar-refractivity contribution is 0.0696. The van der Waals surface area contributed by atoms with E-state index in [9.17, 15) is 9.90 Å². The average molecular weight is 1980 g/mol. The van der Waals surface area contributed by atoms with E-state index in [1.54, 1.807) is 24.3 Å². The summed E-state index contributed by atoms with van der Waals surface area (Å²) in [6, 6.07) is 49.0. The molecule has 2 aliphatic rings. The first-order valence-electron chi connectivity index (χ1n) is 58.1. The van der Waals surface area contributed by atoms with E-state index in [1.807, 2.05) is 0 Å². The van der Waals surface area contributed by atoms with Crippen LogP contribution in [0.4, 0.5) is 17.1 Å². The first-order valence-corrected chi connectivity index (χ1v) is 58.1. The number of nitrogens with zero attached hydrogens (tertiary/aromatic N) is 3. The summed E-state index contributed by atoms with van der Waals surface area (Å²) in [4.78, 5) is 34.5. The Balaban J connectivity index is 1.18. The largest absolute Gasteiger partial charge is 0.494 e. The molecule has 0 saturated heterocycles. The molecule has 788 valence electrons. The Morgan fingerprint density at radius 1 is 0.267 bits per heavy atom. The van der Waals surface area contributed by atoms with E-state index in [4.69, 9.17) is 47.9 Å². The van der Waals surface area contributed by atoms with Crippen molar-refractivity contribution >= 4 is 69.4 Å². The number of hydrogen-bond acceptors (Lipinski definition) is 12. The van der Waals surface area contributed by atoms with E-state index in [-0.39, 0.29) is 5.56 Å². The number of aromatic amines is 2. The molecular formula is C131H179N5O10. The number of aromatic carboxylic acids is 1. The molecule has 5 heterocycles. The van der Waals surface area contributed by atoms with Crippen LogP contribution in [-0.2, 0) is 0 Å². The van der Waals surface area contributed by atoms with Gasteiger partial charge in [0.05, 0.1) is 126 Å². The van der Waals surface area contributed by atoms with E-state index in [0.29, 0.717) is 138 Å². The van der Waals surface area contributed by atoms with Gasteiger partial charge in [0.15, 0.2) is 0 Å². The second kappa shape index (κ2) is 69.0. The predicted molar refractivity (Wildman–Crippen MR) is 615 cm³/mol. The normalized spacial score (nSPS) is 11.5. The number of H-pyrrole nitrogens is 2. The highest BCUT2D eigenvalue weighted by Crippen LogP contribution is 2.49. The molecule has 0 atom stereocenters. The molecule has 3 aromatic heterocycles. The maximum absolute atomic E-state index is 12.4. The number of ether oxygens (including phenoxy) is 8. The summed E-state index contributed by atoms with van der Waals surface area (Å²) in [5, 5.41) is 10.1. The van der Waals surface area contributed by atoms with E-state index >= 15 is 0 Å². The number of hydrogen-bond donors (Lipinski definition) is 3. The Morgan fingerprint density at radius 2 is 0.541 bits per heavy atom. The van der Waals surface area contributed by atoms with Crippen LogP contribution in [0.2, 0.25) is 0 Å². The maximum Gasteiger partial charge on any atom is 0.335 e. The molecule has 0 unspecified atom stereocenters. The fourth-order valence-electron chi connectivity index (χ4n) is 19.4. The van der Waals surface area contributed by atoms with Crippen LogP contribution in [0.25, 0.3) is 68.6 Å². The van der Waals surface area contributed by atoms with E-state index in [2.05, 4.69) is 240 Å². The first kappa shape index (κ1) is 115. The van der Waals surface area contributed by atoms with Crippen LogP contribution >= 0.6 is 0 Å². The number of benzene rings is 6. The molecule has 0 amide bonds. The molecule has 3 N–H and O–H groups in total. The van der Waals surface area contributed by atoms with Gasteiger partial charge in [-0.3, -0.25) is 0 Å². The van der Waals surface area contributed by atoms with Gasteiger partial charge in [-0.05, 0) is 197 Å². The van der Waals surface area contributed by atoms with E-state index in [1.165, 1.54) is 180 Å². The van der Waals surface area contributed by atoms with Crippen LogP contribution in [0.1, 0.15) is 458 Å². The number of rotatable bonds is 76. The summed E-state index contributed by atoms with van der Waals surface area (Å²) in [7, 11) is 0. The molecule has 8 bridgehead atoms. The summed E-state index contributed by atoms with van der Waals surface area (Å²) >= 11 is 0. The minimum absolute atomic E-state index is 0.180. The van der Waals surface area contributed by atoms with Gasteiger partial charge in [-0.15, -0.1) is 0 Å². The zero-order valence-electron chi connectivity index (χ0n) is 91.0. The zero-order valence-corrected chi connectivity index (χ0v) is 91.0. The smallest absolute Gasteiger partial charge is 0.335 e. The van der Waals surface area contributed by atoms with Crippen molar-refractivity contribution in [3.63, 3.8) is 0 Å². The molecule has 9 aromatic rings. The number of anilines is 3. The Labute approximate surface area is 879 Å². The van der Waals surface area contributed by atoms with Crippen molar-refractivity contribution in [3.8, 4) is 91.9 Å². The number of aromatic nitrogens is 4. The second-order valence-electron chi connectivity index (χ2n) is 40.3. The summed E-state index contributed by atoms with van der Waals surface area (Å²) in [5.41, 5.74) is 14.0. The van der Waals surface area contributed by atoms with E-state index in [0.717, 1.165) is 234 Å². The van der Waals surface area contributed by atoms with Crippen molar-refractivity contribution in [2.75, 3.05) is 57.8 Å². The number of carboxylic acid groups (broad SMARTS) is 1. The van der Waals surface area contributed by atoms with Gasteiger partial charge in [-0.1, -0.05) is 387 Å². The molecule has 0 saturated carbocycles. The molecular weight excluding hydrogens is 1800 g/mol. The van der Waals surface area contributed by atoms with Crippen LogP contribution in [0.3, 0.4) is 0 Å². The van der Waals surface area contributed by atoms with Gasteiger partial charge >= 0.3 is 5.97 Å². The summed E-state index contributed by atoms with van der Waals surface area (Å²) in [5.74, 6) is 19.7. The topological polar surface area (TPSA) is 172 Å². The molecule has 11 rings (SSSR count). The summed E-state index contributed by atoms with van der Waals surface area (Å²) in [6.07, 6.45) is 71.2. The quantitative estimate of drug-likeness (QED) is 0.0243. The third kappa shape index (κ3) is 39.1. The van der Waals surface area contributed by atoms with Gasteiger partial charge in [0.25, 0.3) is 0 Å². The van der Waals surface area contributed by atoms with Crippen LogP contribution in [0, 0.1) is 23.7 Å². The molecule has 15 heteroatoms. The minimum Gasteiger partial charge on any atom is -0.494 e. The molecule has 146 heavy (non-hydrogen) atoms. The molecule has 0 radical (unpaired) electrons. The summed E-state index contributed by atoms with van der Waals surface area (Å²) < 4.78 is 56.3. The molecule has 6 aromatic carbocycles. The van der Waals surface area contributed by atoms with Crippen LogP contribution < -0.4 is 42.8 Å². The van der Waals surface area contributed by atoms with Gasteiger partial charge in [-0.25, -0.2) is 14.8 Å². The highest BCUT2D eigenvalue weighted by Gasteiger charge is 2.28. The van der Waals surface area contributed by atoms with Gasteiger partial charge in [-0.2, -0.15) is 0 Å². The molecule has 0 aliphatic carbocycles. The van der Waals surface area contributed by atoms with Gasteiger partial charge in [0.2, 0.25) is 0 Å². The van der Waals surface area contributed by atoms with Crippen molar-refractivity contribution in [1.82, 2.24) is 19.9 Å². The van der Waals surface area contributed by atoms with Crippen LogP contribution in [-0.4, -0.2) is 83.9 Å². The fraction of sp³-hybridized carbons (Fsp3) is 0.534. The lowest BCUT2D eigenvalue weighted by Gasteiger charge is -2.28. The van der Waals surface area contributed by atoms with Crippen LogP contribution in [0.5, 0.6) is 46.0 Å². The van der Waals surface area contributed by atoms with Crippen molar-refractivity contribution in [2.24, 2.45) is 0 Å². The average Bonchev–Trinajstić information content (AvgIpc) is 1.55. The zero-order chi connectivity index (χ0) is 102.